The second kappa shape index (κ2) is 6.80. The average molecular weight is 240 g/mol. The zero-order valence-corrected chi connectivity index (χ0v) is 11.0. The summed E-state index contributed by atoms with van der Waals surface area (Å²) >= 11 is 3.39. The molecule has 0 aliphatic carbocycles. The van der Waals surface area contributed by atoms with Crippen molar-refractivity contribution in [2.45, 2.75) is 31.5 Å². The average Bonchev–Trinajstić information content (AvgIpc) is 2.65. The highest BCUT2D eigenvalue weighted by molar-refractivity contribution is 8.01. The Morgan fingerprint density at radius 2 is 2.27 bits per heavy atom. The van der Waals surface area contributed by atoms with Gasteiger partial charge in [0.25, 0.3) is 0 Å². The third kappa shape index (κ3) is 4.62. The summed E-state index contributed by atoms with van der Waals surface area (Å²) in [4.78, 5) is 0. The van der Waals surface area contributed by atoms with Crippen LogP contribution in [0, 0.1) is 6.92 Å². The molecule has 0 aliphatic heterocycles. The molecule has 0 spiro atoms. The van der Waals surface area contributed by atoms with Gasteiger partial charge in [0.15, 0.2) is 4.34 Å². The standard InChI is InChI=1S/C11H16N2S2/c1-4-10(5-2)7-6-8-14-11-13-12-9(3)15-11/h4,6-7H,5,8H2,1-3H3/b7-6+,10-4+. The van der Waals surface area contributed by atoms with E-state index in [0.717, 1.165) is 21.5 Å². The minimum absolute atomic E-state index is 0.964. The Hall–Kier alpha value is -0.610. The largest absolute Gasteiger partial charge is 0.174 e. The van der Waals surface area contributed by atoms with Gasteiger partial charge < -0.3 is 0 Å². The lowest BCUT2D eigenvalue weighted by Gasteiger charge is -1.93. The van der Waals surface area contributed by atoms with Crippen LogP contribution < -0.4 is 0 Å². The zero-order chi connectivity index (χ0) is 11.1. The van der Waals surface area contributed by atoms with Crippen molar-refractivity contribution < 1.29 is 0 Å². The molecule has 0 aromatic carbocycles. The van der Waals surface area contributed by atoms with Gasteiger partial charge in [-0.15, -0.1) is 10.2 Å². The molecule has 0 fully saturated rings. The van der Waals surface area contributed by atoms with Crippen LogP contribution in [0.25, 0.3) is 0 Å². The molecule has 1 aromatic rings. The predicted molar refractivity (Wildman–Crippen MR) is 68.6 cm³/mol. The minimum atomic E-state index is 0.964. The molecule has 0 unspecified atom stereocenters. The lowest BCUT2D eigenvalue weighted by atomic mass is 10.2. The lowest BCUT2D eigenvalue weighted by Crippen LogP contribution is -1.76. The first-order chi connectivity index (χ1) is 7.26. The predicted octanol–water partition coefficient (Wildman–Crippen LogP) is 3.85. The van der Waals surface area contributed by atoms with Crippen molar-refractivity contribution >= 4 is 23.1 Å². The smallest absolute Gasteiger partial charge is 0.143 e. The van der Waals surface area contributed by atoms with E-state index >= 15 is 0 Å². The van der Waals surface area contributed by atoms with Gasteiger partial charge in [-0.05, 0) is 20.3 Å². The van der Waals surface area contributed by atoms with E-state index in [-0.39, 0.29) is 0 Å². The summed E-state index contributed by atoms with van der Waals surface area (Å²) < 4.78 is 1.05. The third-order valence-corrected chi connectivity index (χ3v) is 3.85. The fourth-order valence-corrected chi connectivity index (χ4v) is 2.73. The van der Waals surface area contributed by atoms with E-state index < -0.39 is 0 Å². The Kier molecular flexibility index (Phi) is 5.65. The maximum atomic E-state index is 4.06. The van der Waals surface area contributed by atoms with Crippen molar-refractivity contribution in [3.8, 4) is 0 Å². The number of rotatable bonds is 5. The van der Waals surface area contributed by atoms with E-state index in [1.165, 1.54) is 5.57 Å². The second-order valence-corrected chi connectivity index (χ2v) is 5.47. The SMILES string of the molecule is C/C=C(/C=C/CSc1nnc(C)s1)CC. The van der Waals surface area contributed by atoms with Gasteiger partial charge in [0, 0.05) is 5.75 Å². The van der Waals surface area contributed by atoms with Crippen LogP contribution >= 0.6 is 23.1 Å². The van der Waals surface area contributed by atoms with E-state index in [1.54, 1.807) is 23.1 Å². The fraction of sp³-hybridized carbons (Fsp3) is 0.455. The summed E-state index contributed by atoms with van der Waals surface area (Å²) in [6, 6.07) is 0. The number of hydrogen-bond acceptors (Lipinski definition) is 4. The highest BCUT2D eigenvalue weighted by atomic mass is 32.2. The topological polar surface area (TPSA) is 25.8 Å². The summed E-state index contributed by atoms with van der Waals surface area (Å²) in [7, 11) is 0. The Morgan fingerprint density at radius 1 is 1.47 bits per heavy atom. The van der Waals surface area contributed by atoms with Crippen LogP contribution in [-0.4, -0.2) is 16.0 Å². The Balaban J connectivity index is 2.33. The highest BCUT2D eigenvalue weighted by Gasteiger charge is 1.98. The number of aromatic nitrogens is 2. The van der Waals surface area contributed by atoms with Crippen molar-refractivity contribution in [3.05, 3.63) is 28.8 Å². The number of aryl methyl sites for hydroxylation is 1. The molecule has 0 saturated heterocycles. The summed E-state index contributed by atoms with van der Waals surface area (Å²) in [5, 5.41) is 9.06. The third-order valence-electron chi connectivity index (χ3n) is 1.92. The molecular formula is C11H16N2S2. The monoisotopic (exact) mass is 240 g/mol. The number of thioether (sulfide) groups is 1. The van der Waals surface area contributed by atoms with Crippen LogP contribution in [0.1, 0.15) is 25.3 Å². The van der Waals surface area contributed by atoms with Crippen LogP contribution in [0.15, 0.2) is 28.1 Å². The van der Waals surface area contributed by atoms with E-state index in [4.69, 9.17) is 0 Å². The van der Waals surface area contributed by atoms with E-state index in [2.05, 4.69) is 42.3 Å². The van der Waals surface area contributed by atoms with Gasteiger partial charge in [-0.1, -0.05) is 53.8 Å². The maximum Gasteiger partial charge on any atom is 0.174 e. The van der Waals surface area contributed by atoms with E-state index in [0.29, 0.717) is 0 Å². The van der Waals surface area contributed by atoms with E-state index in [9.17, 15) is 0 Å². The Labute approximate surface area is 99.5 Å². The number of allylic oxidation sites excluding steroid dienone is 3. The minimum Gasteiger partial charge on any atom is -0.143 e. The molecule has 15 heavy (non-hydrogen) atoms. The quantitative estimate of drug-likeness (QED) is 0.577. The molecule has 0 N–H and O–H groups in total. The van der Waals surface area contributed by atoms with Crippen LogP contribution in [0.3, 0.4) is 0 Å². The van der Waals surface area contributed by atoms with Gasteiger partial charge in [-0.3, -0.25) is 0 Å². The molecule has 0 bridgehead atoms. The first-order valence-electron chi connectivity index (χ1n) is 5.01. The number of hydrogen-bond donors (Lipinski definition) is 0. The summed E-state index contributed by atoms with van der Waals surface area (Å²) in [5.41, 5.74) is 1.38. The van der Waals surface area contributed by atoms with Gasteiger partial charge in [-0.2, -0.15) is 0 Å². The van der Waals surface area contributed by atoms with Gasteiger partial charge in [0.05, 0.1) is 0 Å². The molecule has 0 atom stereocenters. The van der Waals surface area contributed by atoms with Gasteiger partial charge >= 0.3 is 0 Å². The Bertz CT molecular complexity index is 353. The van der Waals surface area contributed by atoms with Gasteiger partial charge in [-0.25, -0.2) is 0 Å². The Morgan fingerprint density at radius 3 is 2.80 bits per heavy atom. The van der Waals surface area contributed by atoms with E-state index in [1.807, 2.05) is 6.92 Å². The molecule has 0 radical (unpaired) electrons. The fourth-order valence-electron chi connectivity index (χ4n) is 1.07. The molecule has 0 aliphatic rings. The first kappa shape index (κ1) is 12.5. The van der Waals surface area contributed by atoms with Crippen molar-refractivity contribution in [1.82, 2.24) is 10.2 Å². The zero-order valence-electron chi connectivity index (χ0n) is 9.36. The molecule has 82 valence electrons. The number of nitrogens with zero attached hydrogens (tertiary/aromatic N) is 2. The molecule has 0 amide bonds. The maximum absolute atomic E-state index is 4.06. The highest BCUT2D eigenvalue weighted by Crippen LogP contribution is 2.21. The summed E-state index contributed by atoms with van der Waals surface area (Å²) in [6.45, 7) is 6.22. The van der Waals surface area contributed by atoms with Crippen molar-refractivity contribution in [2.75, 3.05) is 5.75 Å². The molecule has 2 nitrogen and oxygen atoms in total. The molecule has 1 aromatic heterocycles. The molecule has 1 heterocycles. The summed E-state index contributed by atoms with van der Waals surface area (Å²) in [5.74, 6) is 0.964. The first-order valence-corrected chi connectivity index (χ1v) is 6.81. The van der Waals surface area contributed by atoms with Gasteiger partial charge in [0.1, 0.15) is 5.01 Å². The molecule has 1 rings (SSSR count). The molecule has 4 heteroatoms. The molecular weight excluding hydrogens is 224 g/mol. The molecule has 0 saturated carbocycles. The van der Waals surface area contributed by atoms with Crippen molar-refractivity contribution in [2.24, 2.45) is 0 Å². The van der Waals surface area contributed by atoms with Crippen molar-refractivity contribution in [1.29, 1.82) is 0 Å². The summed E-state index contributed by atoms with van der Waals surface area (Å²) in [6.07, 6.45) is 7.60. The second-order valence-electron chi connectivity index (χ2n) is 3.02. The van der Waals surface area contributed by atoms with Crippen LogP contribution in [-0.2, 0) is 0 Å². The normalized spacial score (nSPS) is 12.6. The van der Waals surface area contributed by atoms with Gasteiger partial charge in [0.2, 0.25) is 0 Å². The van der Waals surface area contributed by atoms with Crippen molar-refractivity contribution in [3.63, 3.8) is 0 Å². The lowest BCUT2D eigenvalue weighted by molar-refractivity contribution is 0.984. The van der Waals surface area contributed by atoms with Crippen LogP contribution in [0.4, 0.5) is 0 Å². The van der Waals surface area contributed by atoms with Crippen LogP contribution in [0.5, 0.6) is 0 Å². The van der Waals surface area contributed by atoms with Crippen LogP contribution in [0.2, 0.25) is 0 Å².